The number of allylic oxidation sites excluding steroid dienone is 4. The third-order valence-corrected chi connectivity index (χ3v) is 5.55. The second-order valence-corrected chi connectivity index (χ2v) is 7.75. The van der Waals surface area contributed by atoms with E-state index in [0.717, 1.165) is 24.0 Å². The zero-order valence-electron chi connectivity index (χ0n) is 16.2. The summed E-state index contributed by atoms with van der Waals surface area (Å²) in [6, 6.07) is 17.2. The molecule has 2 aromatic rings. The van der Waals surface area contributed by atoms with Crippen LogP contribution in [0.15, 0.2) is 66.3 Å². The molecule has 1 aliphatic carbocycles. The zero-order valence-corrected chi connectivity index (χ0v) is 16.2. The summed E-state index contributed by atoms with van der Waals surface area (Å²) in [6.45, 7) is 3.44. The van der Waals surface area contributed by atoms with Crippen LogP contribution in [0.2, 0.25) is 0 Å². The van der Waals surface area contributed by atoms with Crippen LogP contribution in [0.4, 0.5) is 0 Å². The van der Waals surface area contributed by atoms with E-state index >= 15 is 0 Å². The molecule has 0 aromatic heterocycles. The van der Waals surface area contributed by atoms with Gasteiger partial charge in [0.2, 0.25) is 0 Å². The van der Waals surface area contributed by atoms with Gasteiger partial charge in [0.1, 0.15) is 6.29 Å². The SMILES string of the molecule is N=C1C=C(c2ccc(-c3cccc(CN4CCCCC4)c3)cc2)C=C(C=O)C1. The van der Waals surface area contributed by atoms with E-state index in [9.17, 15) is 4.79 Å². The minimum absolute atomic E-state index is 0.425. The molecule has 0 radical (unpaired) electrons. The predicted molar refractivity (Wildman–Crippen MR) is 115 cm³/mol. The van der Waals surface area contributed by atoms with Crippen molar-refractivity contribution in [2.24, 2.45) is 0 Å². The Morgan fingerprint density at radius 3 is 2.39 bits per heavy atom. The van der Waals surface area contributed by atoms with Crippen LogP contribution in [0.5, 0.6) is 0 Å². The molecule has 0 spiro atoms. The topological polar surface area (TPSA) is 44.2 Å². The van der Waals surface area contributed by atoms with Crippen LogP contribution >= 0.6 is 0 Å². The van der Waals surface area contributed by atoms with Crippen LogP contribution < -0.4 is 0 Å². The fourth-order valence-corrected chi connectivity index (χ4v) is 4.07. The Bertz CT molecular complexity index is 931. The van der Waals surface area contributed by atoms with Crippen LogP contribution in [0.25, 0.3) is 16.7 Å². The largest absolute Gasteiger partial charge is 0.305 e. The predicted octanol–water partition coefficient (Wildman–Crippen LogP) is 5.27. The molecule has 1 saturated heterocycles. The monoisotopic (exact) mass is 370 g/mol. The number of hydrogen-bond donors (Lipinski definition) is 1. The number of rotatable bonds is 5. The number of likely N-dealkylation sites (tertiary alicyclic amines) is 1. The van der Waals surface area contributed by atoms with Gasteiger partial charge in [0.05, 0.1) is 0 Å². The average Bonchev–Trinajstić information content (AvgIpc) is 2.74. The van der Waals surface area contributed by atoms with Crippen molar-refractivity contribution < 1.29 is 4.79 Å². The number of piperidine rings is 1. The van der Waals surface area contributed by atoms with E-state index < -0.39 is 0 Å². The molecule has 3 heteroatoms. The summed E-state index contributed by atoms with van der Waals surface area (Å²) < 4.78 is 0. The fraction of sp³-hybridized carbons (Fsp3) is 0.280. The van der Waals surface area contributed by atoms with Gasteiger partial charge in [-0.15, -0.1) is 0 Å². The summed E-state index contributed by atoms with van der Waals surface area (Å²) in [5, 5.41) is 7.93. The van der Waals surface area contributed by atoms with Crippen LogP contribution in [-0.4, -0.2) is 30.0 Å². The molecule has 0 bridgehead atoms. The highest BCUT2D eigenvalue weighted by Crippen LogP contribution is 2.27. The summed E-state index contributed by atoms with van der Waals surface area (Å²) in [5.41, 5.74) is 6.91. The van der Waals surface area contributed by atoms with Gasteiger partial charge in [0.15, 0.2) is 0 Å². The molecule has 1 fully saturated rings. The maximum Gasteiger partial charge on any atom is 0.146 e. The normalized spacial score (nSPS) is 17.8. The standard InChI is InChI=1S/C25H26N2O/c26-25-15-20(18-28)14-24(16-25)22-9-7-21(8-10-22)23-6-4-5-19(13-23)17-27-11-2-1-3-12-27/h4-10,13-14,16,18,26H,1-3,11-12,15,17H2. The molecule has 3 nitrogen and oxygen atoms in total. The number of carbonyl (C=O) groups is 1. The lowest BCUT2D eigenvalue weighted by molar-refractivity contribution is -0.104. The minimum Gasteiger partial charge on any atom is -0.305 e. The Morgan fingerprint density at radius 1 is 0.893 bits per heavy atom. The first-order valence-electron chi connectivity index (χ1n) is 10.1. The first kappa shape index (κ1) is 18.6. The Labute approximate surface area is 166 Å². The third kappa shape index (κ3) is 4.37. The van der Waals surface area contributed by atoms with Crippen LogP contribution in [0.1, 0.15) is 36.8 Å². The van der Waals surface area contributed by atoms with Crippen molar-refractivity contribution >= 4 is 17.6 Å². The first-order valence-corrected chi connectivity index (χ1v) is 10.1. The van der Waals surface area contributed by atoms with E-state index in [1.54, 1.807) is 0 Å². The van der Waals surface area contributed by atoms with Gasteiger partial charge in [0, 0.05) is 18.7 Å². The molecule has 0 saturated carbocycles. The van der Waals surface area contributed by atoms with Gasteiger partial charge in [-0.2, -0.15) is 0 Å². The second kappa shape index (κ2) is 8.49. The van der Waals surface area contributed by atoms with Gasteiger partial charge >= 0.3 is 0 Å². The molecule has 1 aliphatic heterocycles. The van der Waals surface area contributed by atoms with Gasteiger partial charge in [-0.3, -0.25) is 9.69 Å². The second-order valence-electron chi connectivity index (χ2n) is 7.75. The van der Waals surface area contributed by atoms with E-state index in [0.29, 0.717) is 17.7 Å². The molecule has 4 rings (SSSR count). The average molecular weight is 370 g/mol. The molecule has 2 aliphatic rings. The minimum atomic E-state index is 0.425. The highest BCUT2D eigenvalue weighted by atomic mass is 16.1. The summed E-state index contributed by atoms with van der Waals surface area (Å²) >= 11 is 0. The van der Waals surface area contributed by atoms with Crippen molar-refractivity contribution in [3.05, 3.63) is 77.4 Å². The lowest BCUT2D eigenvalue weighted by atomic mass is 9.92. The van der Waals surface area contributed by atoms with Crippen molar-refractivity contribution in [2.45, 2.75) is 32.2 Å². The lowest BCUT2D eigenvalue weighted by Gasteiger charge is -2.26. The Hall–Kier alpha value is -2.78. The smallest absolute Gasteiger partial charge is 0.146 e. The number of aldehydes is 1. The quantitative estimate of drug-likeness (QED) is 0.729. The van der Waals surface area contributed by atoms with Crippen molar-refractivity contribution in [3.63, 3.8) is 0 Å². The summed E-state index contributed by atoms with van der Waals surface area (Å²) in [7, 11) is 0. The Balaban J connectivity index is 1.52. The zero-order chi connectivity index (χ0) is 19.3. The van der Waals surface area contributed by atoms with E-state index in [-0.39, 0.29) is 0 Å². The van der Waals surface area contributed by atoms with Gasteiger partial charge in [-0.1, -0.05) is 48.9 Å². The number of nitrogens with one attached hydrogen (secondary N) is 1. The van der Waals surface area contributed by atoms with E-state index in [1.807, 2.05) is 12.2 Å². The molecule has 142 valence electrons. The molecule has 0 unspecified atom stereocenters. The number of nitrogens with zero attached hydrogens (tertiary/aromatic N) is 1. The molecule has 2 aromatic carbocycles. The molecular weight excluding hydrogens is 344 g/mol. The molecule has 1 N–H and O–H groups in total. The van der Waals surface area contributed by atoms with Gasteiger partial charge < -0.3 is 5.41 Å². The van der Waals surface area contributed by atoms with Crippen LogP contribution in [-0.2, 0) is 11.3 Å². The van der Waals surface area contributed by atoms with Gasteiger partial charge in [-0.25, -0.2) is 0 Å². The van der Waals surface area contributed by atoms with Crippen LogP contribution in [0, 0.1) is 5.41 Å². The molecule has 0 atom stereocenters. The van der Waals surface area contributed by atoms with Crippen LogP contribution in [0.3, 0.4) is 0 Å². The van der Waals surface area contributed by atoms with Crippen molar-refractivity contribution in [1.82, 2.24) is 4.90 Å². The summed E-state index contributed by atoms with van der Waals surface area (Å²) in [4.78, 5) is 13.6. The highest BCUT2D eigenvalue weighted by molar-refractivity contribution is 6.08. The number of hydrogen-bond acceptors (Lipinski definition) is 3. The number of benzene rings is 2. The molecule has 28 heavy (non-hydrogen) atoms. The maximum atomic E-state index is 11.1. The lowest BCUT2D eigenvalue weighted by Crippen LogP contribution is -2.29. The van der Waals surface area contributed by atoms with Gasteiger partial charge in [-0.05, 0) is 77.5 Å². The Morgan fingerprint density at radius 2 is 1.64 bits per heavy atom. The van der Waals surface area contributed by atoms with E-state index in [1.165, 1.54) is 49.0 Å². The Kier molecular flexibility index (Phi) is 5.63. The summed E-state index contributed by atoms with van der Waals surface area (Å²) in [6.07, 6.45) is 9.00. The third-order valence-electron chi connectivity index (χ3n) is 5.55. The number of carbonyl (C=O) groups excluding carboxylic acids is 1. The molecular formula is C25H26N2O. The fourth-order valence-electron chi connectivity index (χ4n) is 4.07. The van der Waals surface area contributed by atoms with Crippen molar-refractivity contribution in [2.75, 3.05) is 13.1 Å². The molecule has 0 amide bonds. The van der Waals surface area contributed by atoms with Crippen molar-refractivity contribution in [1.29, 1.82) is 5.41 Å². The maximum absolute atomic E-state index is 11.1. The molecule has 1 heterocycles. The van der Waals surface area contributed by atoms with Gasteiger partial charge in [0.25, 0.3) is 0 Å². The van der Waals surface area contributed by atoms with E-state index in [4.69, 9.17) is 5.41 Å². The van der Waals surface area contributed by atoms with E-state index in [2.05, 4.69) is 53.4 Å². The first-order chi connectivity index (χ1) is 13.7. The summed E-state index contributed by atoms with van der Waals surface area (Å²) in [5.74, 6) is 0. The highest BCUT2D eigenvalue weighted by Gasteiger charge is 2.12. The van der Waals surface area contributed by atoms with Crippen molar-refractivity contribution in [3.8, 4) is 11.1 Å².